The van der Waals surface area contributed by atoms with E-state index in [0.717, 1.165) is 22.3 Å². The summed E-state index contributed by atoms with van der Waals surface area (Å²) in [6.07, 6.45) is 1.25. The van der Waals surface area contributed by atoms with Crippen LogP contribution in [0.1, 0.15) is 22.3 Å². The molecule has 1 atom stereocenters. The van der Waals surface area contributed by atoms with E-state index in [4.69, 9.17) is 9.47 Å². The van der Waals surface area contributed by atoms with Crippen molar-refractivity contribution in [1.82, 2.24) is 10.2 Å². The summed E-state index contributed by atoms with van der Waals surface area (Å²) in [5.74, 6) is 1.04. The molecule has 0 radical (unpaired) electrons. The average molecular weight is 537 g/mol. The molecular formula is C34H36N2O4. The molecule has 0 saturated heterocycles. The number of carbonyl (C=O) groups excluding carboxylic acids is 2. The summed E-state index contributed by atoms with van der Waals surface area (Å²) in [5, 5.41) is 3.10. The predicted molar refractivity (Wildman–Crippen MR) is 157 cm³/mol. The highest BCUT2D eigenvalue weighted by Crippen LogP contribution is 2.27. The fourth-order valence-electron chi connectivity index (χ4n) is 4.69. The first kappa shape index (κ1) is 28.4. The Morgan fingerprint density at radius 1 is 0.700 bits per heavy atom. The minimum atomic E-state index is -0.677. The molecule has 206 valence electrons. The van der Waals surface area contributed by atoms with Crippen LogP contribution in [0, 0.1) is 0 Å². The van der Waals surface area contributed by atoms with Gasteiger partial charge in [0.2, 0.25) is 11.8 Å². The lowest BCUT2D eigenvalue weighted by Gasteiger charge is -2.31. The summed E-state index contributed by atoms with van der Waals surface area (Å²) in [5.41, 5.74) is 3.89. The van der Waals surface area contributed by atoms with Crippen LogP contribution >= 0.6 is 0 Å². The molecule has 1 N–H and O–H groups in total. The minimum absolute atomic E-state index is 0.0916. The topological polar surface area (TPSA) is 67.9 Å². The zero-order valence-corrected chi connectivity index (χ0v) is 23.1. The molecule has 0 aliphatic heterocycles. The van der Waals surface area contributed by atoms with Gasteiger partial charge in [0.25, 0.3) is 0 Å². The van der Waals surface area contributed by atoms with Crippen LogP contribution in [-0.4, -0.2) is 43.5 Å². The number of methoxy groups -OCH3 is 2. The largest absolute Gasteiger partial charge is 0.493 e. The molecule has 6 nitrogen and oxygen atoms in total. The number of carbonyl (C=O) groups is 2. The average Bonchev–Trinajstić information content (AvgIpc) is 3.00. The molecule has 1 unspecified atom stereocenters. The highest BCUT2D eigenvalue weighted by atomic mass is 16.5. The molecule has 0 spiro atoms. The summed E-state index contributed by atoms with van der Waals surface area (Å²) >= 11 is 0. The number of rotatable bonds is 13. The van der Waals surface area contributed by atoms with Gasteiger partial charge in [0.15, 0.2) is 11.5 Å². The van der Waals surface area contributed by atoms with Crippen LogP contribution in [0.3, 0.4) is 0 Å². The Morgan fingerprint density at radius 2 is 1.27 bits per heavy atom. The van der Waals surface area contributed by atoms with Gasteiger partial charge in [-0.05, 0) is 40.8 Å². The van der Waals surface area contributed by atoms with Crippen molar-refractivity contribution >= 4 is 11.8 Å². The summed E-state index contributed by atoms with van der Waals surface area (Å²) in [6, 6.07) is 34.4. The van der Waals surface area contributed by atoms with Gasteiger partial charge in [0.1, 0.15) is 6.04 Å². The molecular weight excluding hydrogens is 500 g/mol. The predicted octanol–water partition coefficient (Wildman–Crippen LogP) is 5.25. The van der Waals surface area contributed by atoms with Crippen LogP contribution < -0.4 is 14.8 Å². The second kappa shape index (κ2) is 14.5. The molecule has 4 aromatic rings. The van der Waals surface area contributed by atoms with Gasteiger partial charge >= 0.3 is 0 Å². The Bertz CT molecular complexity index is 1360. The van der Waals surface area contributed by atoms with E-state index in [1.807, 2.05) is 109 Å². The van der Waals surface area contributed by atoms with E-state index in [1.54, 1.807) is 19.1 Å². The van der Waals surface area contributed by atoms with Crippen molar-refractivity contribution in [3.63, 3.8) is 0 Å². The van der Waals surface area contributed by atoms with Crippen molar-refractivity contribution in [2.24, 2.45) is 0 Å². The zero-order chi connectivity index (χ0) is 28.2. The second-order valence-electron chi connectivity index (χ2n) is 9.61. The molecule has 0 aliphatic carbocycles. The summed E-state index contributed by atoms with van der Waals surface area (Å²) in [6.45, 7) is 0.763. The Balaban J connectivity index is 1.56. The smallest absolute Gasteiger partial charge is 0.243 e. The number of nitrogens with one attached hydrogen (secondary N) is 1. The molecule has 0 saturated carbocycles. The highest BCUT2D eigenvalue weighted by molar-refractivity contribution is 5.88. The SMILES string of the molecule is COc1ccc(CCNC(=O)C(Cc2ccccc2)N(Cc2ccccc2)C(=O)Cc2ccccc2)cc1OC. The maximum Gasteiger partial charge on any atom is 0.243 e. The van der Waals surface area contributed by atoms with Crippen molar-refractivity contribution < 1.29 is 19.1 Å². The highest BCUT2D eigenvalue weighted by Gasteiger charge is 2.30. The molecule has 0 fully saturated rings. The van der Waals surface area contributed by atoms with E-state index in [-0.39, 0.29) is 18.2 Å². The number of hydrogen-bond donors (Lipinski definition) is 1. The fourth-order valence-corrected chi connectivity index (χ4v) is 4.69. The number of benzene rings is 4. The fraction of sp³-hybridized carbons (Fsp3) is 0.235. The van der Waals surface area contributed by atoms with Crippen molar-refractivity contribution in [2.45, 2.75) is 31.8 Å². The first-order chi connectivity index (χ1) is 19.6. The third-order valence-corrected chi connectivity index (χ3v) is 6.83. The molecule has 4 rings (SSSR count). The molecule has 0 heterocycles. The first-order valence-corrected chi connectivity index (χ1v) is 13.5. The Kier molecular flexibility index (Phi) is 10.3. The van der Waals surface area contributed by atoms with Crippen LogP contribution in [0.5, 0.6) is 11.5 Å². The van der Waals surface area contributed by atoms with E-state index in [0.29, 0.717) is 37.4 Å². The lowest BCUT2D eigenvalue weighted by molar-refractivity contribution is -0.140. The molecule has 0 aliphatic rings. The second-order valence-corrected chi connectivity index (χ2v) is 9.61. The molecule has 0 aromatic heterocycles. The number of nitrogens with zero attached hydrogens (tertiary/aromatic N) is 1. The van der Waals surface area contributed by atoms with Gasteiger partial charge in [0, 0.05) is 19.5 Å². The normalized spacial score (nSPS) is 11.3. The third kappa shape index (κ3) is 7.96. The lowest BCUT2D eigenvalue weighted by atomic mass is 10.0. The van der Waals surface area contributed by atoms with Crippen LogP contribution in [0.4, 0.5) is 0 Å². The van der Waals surface area contributed by atoms with Gasteiger partial charge in [-0.25, -0.2) is 0 Å². The van der Waals surface area contributed by atoms with E-state index in [9.17, 15) is 9.59 Å². The lowest BCUT2D eigenvalue weighted by Crippen LogP contribution is -2.51. The van der Waals surface area contributed by atoms with Crippen LogP contribution in [-0.2, 0) is 35.4 Å². The van der Waals surface area contributed by atoms with Crippen LogP contribution in [0.15, 0.2) is 109 Å². The molecule has 6 heteroatoms. The third-order valence-electron chi connectivity index (χ3n) is 6.83. The van der Waals surface area contributed by atoms with Gasteiger partial charge in [-0.2, -0.15) is 0 Å². The van der Waals surface area contributed by atoms with Gasteiger partial charge in [0.05, 0.1) is 20.6 Å². The van der Waals surface area contributed by atoms with Crippen molar-refractivity contribution in [1.29, 1.82) is 0 Å². The number of ether oxygens (including phenoxy) is 2. The van der Waals surface area contributed by atoms with E-state index >= 15 is 0 Å². The Hall–Kier alpha value is -4.58. The summed E-state index contributed by atoms with van der Waals surface area (Å²) in [4.78, 5) is 29.3. The number of hydrogen-bond acceptors (Lipinski definition) is 4. The maximum atomic E-state index is 13.8. The van der Waals surface area contributed by atoms with Crippen LogP contribution in [0.2, 0.25) is 0 Å². The van der Waals surface area contributed by atoms with E-state index in [1.165, 1.54) is 0 Å². The quantitative estimate of drug-likeness (QED) is 0.254. The maximum absolute atomic E-state index is 13.8. The molecule has 0 bridgehead atoms. The number of amides is 2. The van der Waals surface area contributed by atoms with Crippen molar-refractivity contribution in [3.8, 4) is 11.5 Å². The monoisotopic (exact) mass is 536 g/mol. The standard InChI is InChI=1S/C34H36N2O4/c1-39-31-19-18-28(23-32(31)40-2)20-21-35-34(38)30(22-26-12-6-3-7-13-26)36(25-29-16-10-5-11-17-29)33(37)24-27-14-8-4-9-15-27/h3-19,23,30H,20-22,24-25H2,1-2H3,(H,35,38). The zero-order valence-electron chi connectivity index (χ0n) is 23.1. The van der Waals surface area contributed by atoms with E-state index < -0.39 is 6.04 Å². The van der Waals surface area contributed by atoms with Crippen molar-refractivity contribution in [2.75, 3.05) is 20.8 Å². The van der Waals surface area contributed by atoms with E-state index in [2.05, 4.69) is 5.32 Å². The Labute approximate surface area is 236 Å². The van der Waals surface area contributed by atoms with Gasteiger partial charge in [-0.1, -0.05) is 97.1 Å². The Morgan fingerprint density at radius 3 is 1.88 bits per heavy atom. The summed E-state index contributed by atoms with van der Waals surface area (Å²) in [7, 11) is 3.20. The summed E-state index contributed by atoms with van der Waals surface area (Å²) < 4.78 is 10.7. The van der Waals surface area contributed by atoms with Gasteiger partial charge < -0.3 is 19.7 Å². The minimum Gasteiger partial charge on any atom is -0.493 e. The van der Waals surface area contributed by atoms with Crippen molar-refractivity contribution in [3.05, 3.63) is 131 Å². The first-order valence-electron chi connectivity index (χ1n) is 13.5. The van der Waals surface area contributed by atoms with Gasteiger partial charge in [-0.15, -0.1) is 0 Å². The molecule has 40 heavy (non-hydrogen) atoms. The van der Waals surface area contributed by atoms with Crippen LogP contribution in [0.25, 0.3) is 0 Å². The molecule has 2 amide bonds. The molecule has 4 aromatic carbocycles. The van der Waals surface area contributed by atoms with Gasteiger partial charge in [-0.3, -0.25) is 9.59 Å².